The quantitative estimate of drug-likeness (QED) is 0.142. The fourth-order valence-electron chi connectivity index (χ4n) is 1.99. The second-order valence-corrected chi connectivity index (χ2v) is 6.86. The van der Waals surface area contributed by atoms with Crippen molar-refractivity contribution >= 4 is 35.6 Å². The summed E-state index contributed by atoms with van der Waals surface area (Å²) >= 11 is 0. The zero-order valence-electron chi connectivity index (χ0n) is 16.4. The van der Waals surface area contributed by atoms with Crippen molar-refractivity contribution in [1.29, 1.82) is 0 Å². The van der Waals surface area contributed by atoms with Crippen molar-refractivity contribution in [3.05, 3.63) is 0 Å². The molecule has 0 rings (SSSR count). The number of nitrogens with one attached hydrogen (secondary N) is 3. The minimum atomic E-state index is -1.76. The number of aliphatic hydroxyl groups excluding tert-OH is 1. The van der Waals surface area contributed by atoms with Crippen LogP contribution >= 0.6 is 0 Å². The van der Waals surface area contributed by atoms with Crippen molar-refractivity contribution in [2.45, 2.75) is 56.8 Å². The van der Waals surface area contributed by atoms with E-state index in [0.717, 1.165) is 13.8 Å². The maximum atomic E-state index is 12.3. The molecule has 3 amide bonds. The maximum Gasteiger partial charge on any atom is 0.328 e. The average molecular weight is 434 g/mol. The lowest BCUT2D eigenvalue weighted by Gasteiger charge is -2.26. The Bertz CT molecular complexity index is 694. The number of aliphatic carboxylic acids is 3. The molecule has 9 N–H and O–H groups in total. The van der Waals surface area contributed by atoms with E-state index in [1.807, 2.05) is 5.32 Å². The molecule has 14 nitrogen and oxygen atoms in total. The number of aliphatic hydroxyl groups is 1. The van der Waals surface area contributed by atoms with Gasteiger partial charge in [0.05, 0.1) is 19.1 Å². The molecule has 0 heterocycles. The van der Waals surface area contributed by atoms with E-state index in [4.69, 9.17) is 21.1 Å². The van der Waals surface area contributed by atoms with Gasteiger partial charge in [0.1, 0.15) is 17.6 Å². The van der Waals surface area contributed by atoms with Crippen LogP contribution in [0, 0.1) is 0 Å². The summed E-state index contributed by atoms with van der Waals surface area (Å²) in [6, 6.07) is -4.62. The zero-order chi connectivity index (χ0) is 23.6. The van der Waals surface area contributed by atoms with Gasteiger partial charge in [0, 0.05) is 6.42 Å². The van der Waals surface area contributed by atoms with E-state index in [-0.39, 0.29) is 6.42 Å². The molecule has 0 unspecified atom stereocenters. The molecular formula is C16H26N4O10. The summed E-state index contributed by atoms with van der Waals surface area (Å²) in [5, 5.41) is 42.1. The van der Waals surface area contributed by atoms with Gasteiger partial charge in [-0.15, -0.1) is 0 Å². The molecule has 30 heavy (non-hydrogen) atoms. The van der Waals surface area contributed by atoms with Crippen molar-refractivity contribution in [1.82, 2.24) is 16.0 Å². The van der Waals surface area contributed by atoms with Gasteiger partial charge < -0.3 is 42.1 Å². The molecule has 0 fully saturated rings. The third-order valence-corrected chi connectivity index (χ3v) is 3.80. The van der Waals surface area contributed by atoms with Crippen molar-refractivity contribution in [2.75, 3.05) is 6.61 Å². The third-order valence-electron chi connectivity index (χ3n) is 3.80. The maximum absolute atomic E-state index is 12.3. The van der Waals surface area contributed by atoms with Gasteiger partial charge in [-0.05, 0) is 20.3 Å². The summed E-state index contributed by atoms with van der Waals surface area (Å²) in [4.78, 5) is 69.1. The number of carbonyl (C=O) groups is 6. The Balaban J connectivity index is 5.19. The Kier molecular flexibility index (Phi) is 10.4. The van der Waals surface area contributed by atoms with Crippen LogP contribution in [0.5, 0.6) is 0 Å². The molecule has 3 atom stereocenters. The SMILES string of the molecule is CC(C)(NC(=O)[C@H](CC(=O)O)NC(=O)[C@H](CO)NC(=O)[C@@H](N)CCC(=O)O)C(=O)O. The molecule has 0 saturated carbocycles. The fraction of sp³-hybridized carbons (Fsp3) is 0.625. The van der Waals surface area contributed by atoms with Gasteiger partial charge in [0.15, 0.2) is 0 Å². The molecular weight excluding hydrogens is 408 g/mol. The van der Waals surface area contributed by atoms with Gasteiger partial charge in [-0.25, -0.2) is 4.79 Å². The molecule has 0 saturated heterocycles. The minimum absolute atomic E-state index is 0.241. The number of rotatable bonds is 13. The number of carboxylic acid groups (broad SMARTS) is 3. The second-order valence-electron chi connectivity index (χ2n) is 6.86. The first-order valence-corrected chi connectivity index (χ1v) is 8.67. The Morgan fingerprint density at radius 2 is 1.40 bits per heavy atom. The standard InChI is InChI=1S/C16H26N4O10/c1-16(2,15(29)30)20-14(28)8(5-11(24)25)18-13(27)9(6-21)19-12(26)7(17)3-4-10(22)23/h7-9,21H,3-6,17H2,1-2H3,(H,18,27)(H,19,26)(H,20,28)(H,22,23)(H,24,25)(H,29,30)/t7-,8-,9-/m0/s1. The van der Waals surface area contributed by atoms with Gasteiger partial charge >= 0.3 is 17.9 Å². The molecule has 14 heteroatoms. The molecule has 0 aliphatic carbocycles. The van der Waals surface area contributed by atoms with E-state index >= 15 is 0 Å². The fourth-order valence-corrected chi connectivity index (χ4v) is 1.99. The first-order valence-electron chi connectivity index (χ1n) is 8.67. The molecule has 0 spiro atoms. The van der Waals surface area contributed by atoms with E-state index in [9.17, 15) is 33.9 Å². The molecule has 0 bridgehead atoms. The molecule has 0 aromatic carbocycles. The van der Waals surface area contributed by atoms with E-state index in [2.05, 4.69) is 10.6 Å². The zero-order valence-corrected chi connectivity index (χ0v) is 16.4. The highest BCUT2D eigenvalue weighted by Crippen LogP contribution is 2.05. The predicted molar refractivity (Wildman–Crippen MR) is 97.9 cm³/mol. The lowest BCUT2D eigenvalue weighted by molar-refractivity contribution is -0.147. The van der Waals surface area contributed by atoms with Crippen molar-refractivity contribution in [3.63, 3.8) is 0 Å². The number of nitrogens with two attached hydrogens (primary N) is 1. The van der Waals surface area contributed by atoms with Crippen molar-refractivity contribution in [2.24, 2.45) is 5.73 Å². The van der Waals surface area contributed by atoms with Gasteiger partial charge in [-0.2, -0.15) is 0 Å². The smallest absolute Gasteiger partial charge is 0.328 e. The summed E-state index contributed by atoms with van der Waals surface area (Å²) in [5.41, 5.74) is 3.73. The first kappa shape index (κ1) is 26.7. The summed E-state index contributed by atoms with van der Waals surface area (Å²) < 4.78 is 0. The predicted octanol–water partition coefficient (Wildman–Crippen LogP) is -3.41. The van der Waals surface area contributed by atoms with E-state index in [1.165, 1.54) is 0 Å². The van der Waals surface area contributed by atoms with Crippen LogP contribution in [0.15, 0.2) is 0 Å². The van der Waals surface area contributed by atoms with Gasteiger partial charge in [0.25, 0.3) is 0 Å². The van der Waals surface area contributed by atoms with Crippen LogP contribution in [0.3, 0.4) is 0 Å². The summed E-state index contributed by atoms with van der Waals surface area (Å²) in [5.74, 6) is -7.28. The highest BCUT2D eigenvalue weighted by Gasteiger charge is 2.34. The minimum Gasteiger partial charge on any atom is -0.481 e. The summed E-state index contributed by atoms with van der Waals surface area (Å²) in [6.45, 7) is 1.34. The van der Waals surface area contributed by atoms with Crippen LogP contribution < -0.4 is 21.7 Å². The number of hydrogen-bond acceptors (Lipinski definition) is 8. The highest BCUT2D eigenvalue weighted by molar-refractivity contribution is 5.96. The largest absolute Gasteiger partial charge is 0.481 e. The van der Waals surface area contributed by atoms with Gasteiger partial charge in [-0.1, -0.05) is 0 Å². The number of carboxylic acids is 3. The molecule has 0 aromatic heterocycles. The third kappa shape index (κ3) is 9.29. The van der Waals surface area contributed by atoms with Crippen LogP contribution in [-0.4, -0.2) is 86.3 Å². The Morgan fingerprint density at radius 3 is 1.83 bits per heavy atom. The van der Waals surface area contributed by atoms with Crippen LogP contribution in [-0.2, 0) is 28.8 Å². The molecule has 0 radical (unpaired) electrons. The molecule has 170 valence electrons. The Labute approximate surface area is 170 Å². The monoisotopic (exact) mass is 434 g/mol. The van der Waals surface area contributed by atoms with E-state index in [0.29, 0.717) is 0 Å². The van der Waals surface area contributed by atoms with Crippen molar-refractivity contribution < 1.29 is 49.2 Å². The average Bonchev–Trinajstić information content (AvgIpc) is 2.62. The second kappa shape index (κ2) is 11.7. The van der Waals surface area contributed by atoms with Gasteiger partial charge in [-0.3, -0.25) is 24.0 Å². The normalized spacial score (nSPS) is 14.0. The van der Waals surface area contributed by atoms with Crippen LogP contribution in [0.4, 0.5) is 0 Å². The number of amides is 3. The highest BCUT2D eigenvalue weighted by atomic mass is 16.4. The van der Waals surface area contributed by atoms with Crippen LogP contribution in [0.1, 0.15) is 33.1 Å². The molecule has 0 aliphatic heterocycles. The van der Waals surface area contributed by atoms with Crippen LogP contribution in [0.2, 0.25) is 0 Å². The van der Waals surface area contributed by atoms with E-state index < -0.39 is 78.7 Å². The lowest BCUT2D eigenvalue weighted by atomic mass is 10.0. The molecule has 0 aliphatic rings. The topological polar surface area (TPSA) is 245 Å². The summed E-state index contributed by atoms with van der Waals surface area (Å²) in [7, 11) is 0. The van der Waals surface area contributed by atoms with Crippen molar-refractivity contribution in [3.8, 4) is 0 Å². The van der Waals surface area contributed by atoms with Crippen LogP contribution in [0.25, 0.3) is 0 Å². The first-order chi connectivity index (χ1) is 13.7. The molecule has 0 aromatic rings. The van der Waals surface area contributed by atoms with Gasteiger partial charge in [0.2, 0.25) is 17.7 Å². The lowest BCUT2D eigenvalue weighted by Crippen LogP contribution is -2.60. The number of hydrogen-bond donors (Lipinski definition) is 8. The summed E-state index contributed by atoms with van der Waals surface area (Å²) in [6.07, 6.45) is -1.56. The Hall–Kier alpha value is -3.26. The number of carbonyl (C=O) groups excluding carboxylic acids is 3. The Morgan fingerprint density at radius 1 is 0.867 bits per heavy atom. The van der Waals surface area contributed by atoms with E-state index in [1.54, 1.807) is 0 Å².